The van der Waals surface area contributed by atoms with Gasteiger partial charge in [0, 0.05) is 32.2 Å². The number of hydrogen-bond donors (Lipinski definition) is 0. The molecule has 0 spiro atoms. The van der Waals surface area contributed by atoms with Crippen LogP contribution in [0.3, 0.4) is 0 Å². The quantitative estimate of drug-likeness (QED) is 0.851. The van der Waals surface area contributed by atoms with E-state index >= 15 is 0 Å². The first-order valence-electron chi connectivity index (χ1n) is 9.53. The van der Waals surface area contributed by atoms with E-state index < -0.39 is 0 Å². The molecular formula is C19H27N5. The Morgan fingerprint density at radius 2 is 1.92 bits per heavy atom. The molecule has 1 saturated carbocycles. The fourth-order valence-electron chi connectivity index (χ4n) is 4.95. The smallest absolute Gasteiger partial charge is 0.160 e. The molecule has 0 bridgehead atoms. The minimum Gasteiger partial charge on any atom is -0.370 e. The molecule has 2 aliphatic heterocycles. The Labute approximate surface area is 143 Å². The standard InChI is InChI=1S/C19H27N5/c1-13(2)22-6-7-24-18(12-22)21-17-8-16(9-20-19(17)24)23-10-14-4-3-5-15(14)11-23/h8-9,13-15H,3-7,10-12H2,1-2H3. The summed E-state index contributed by atoms with van der Waals surface area (Å²) in [5, 5.41) is 0. The van der Waals surface area contributed by atoms with E-state index in [2.05, 4.69) is 40.5 Å². The average Bonchev–Trinajstić information content (AvgIpc) is 3.25. The molecule has 24 heavy (non-hydrogen) atoms. The van der Waals surface area contributed by atoms with Crippen LogP contribution in [0.15, 0.2) is 12.3 Å². The largest absolute Gasteiger partial charge is 0.370 e. The molecule has 3 aliphatic rings. The Kier molecular flexibility index (Phi) is 3.34. The van der Waals surface area contributed by atoms with Gasteiger partial charge in [-0.15, -0.1) is 0 Å². The molecule has 128 valence electrons. The van der Waals surface area contributed by atoms with Crippen LogP contribution in [0.2, 0.25) is 0 Å². The van der Waals surface area contributed by atoms with Crippen LogP contribution in [0.4, 0.5) is 5.69 Å². The van der Waals surface area contributed by atoms with Crippen molar-refractivity contribution >= 4 is 16.9 Å². The van der Waals surface area contributed by atoms with Gasteiger partial charge in [0.05, 0.1) is 18.4 Å². The summed E-state index contributed by atoms with van der Waals surface area (Å²) in [5.74, 6) is 3.00. The zero-order valence-electron chi connectivity index (χ0n) is 14.8. The van der Waals surface area contributed by atoms with E-state index in [9.17, 15) is 0 Å². The van der Waals surface area contributed by atoms with Crippen molar-refractivity contribution in [3.63, 3.8) is 0 Å². The number of anilines is 1. The number of imidazole rings is 1. The van der Waals surface area contributed by atoms with Crippen LogP contribution >= 0.6 is 0 Å². The van der Waals surface area contributed by atoms with Crippen LogP contribution in [-0.2, 0) is 13.1 Å². The maximum atomic E-state index is 4.92. The van der Waals surface area contributed by atoms with E-state index in [0.717, 1.165) is 42.6 Å². The van der Waals surface area contributed by atoms with Gasteiger partial charge in [-0.1, -0.05) is 6.42 Å². The second kappa shape index (κ2) is 5.45. The first-order chi connectivity index (χ1) is 11.7. The summed E-state index contributed by atoms with van der Waals surface area (Å²) in [6.07, 6.45) is 6.34. The molecule has 1 aliphatic carbocycles. The highest BCUT2D eigenvalue weighted by Gasteiger charge is 2.36. The van der Waals surface area contributed by atoms with Crippen molar-refractivity contribution in [3.05, 3.63) is 18.1 Å². The van der Waals surface area contributed by atoms with Gasteiger partial charge in [0.15, 0.2) is 5.65 Å². The van der Waals surface area contributed by atoms with Gasteiger partial charge in [-0.05, 0) is 44.6 Å². The Morgan fingerprint density at radius 1 is 1.12 bits per heavy atom. The van der Waals surface area contributed by atoms with Gasteiger partial charge < -0.3 is 9.47 Å². The lowest BCUT2D eigenvalue weighted by Gasteiger charge is -2.30. The van der Waals surface area contributed by atoms with Gasteiger partial charge in [-0.2, -0.15) is 0 Å². The predicted octanol–water partition coefficient (Wildman–Crippen LogP) is 2.89. The Morgan fingerprint density at radius 3 is 2.67 bits per heavy atom. The molecule has 2 atom stereocenters. The summed E-state index contributed by atoms with van der Waals surface area (Å²) in [6, 6.07) is 2.85. The SMILES string of the molecule is CC(C)N1CCn2c(nc3cc(N4CC5CCCC5C4)cnc32)C1. The topological polar surface area (TPSA) is 37.2 Å². The molecule has 5 rings (SSSR count). The number of pyridine rings is 1. The summed E-state index contributed by atoms with van der Waals surface area (Å²) in [4.78, 5) is 14.8. The molecule has 0 amide bonds. The van der Waals surface area contributed by atoms with Gasteiger partial charge in [0.2, 0.25) is 0 Å². The number of nitrogens with zero attached hydrogens (tertiary/aromatic N) is 5. The van der Waals surface area contributed by atoms with Crippen molar-refractivity contribution in [2.45, 2.75) is 52.2 Å². The van der Waals surface area contributed by atoms with Crippen LogP contribution < -0.4 is 4.90 Å². The highest BCUT2D eigenvalue weighted by Crippen LogP contribution is 2.39. The third kappa shape index (κ3) is 2.25. The minimum atomic E-state index is 0.575. The van der Waals surface area contributed by atoms with E-state index in [0.29, 0.717) is 6.04 Å². The highest BCUT2D eigenvalue weighted by molar-refractivity contribution is 5.76. The fraction of sp³-hybridized carbons (Fsp3) is 0.684. The van der Waals surface area contributed by atoms with Gasteiger partial charge in [-0.3, -0.25) is 4.90 Å². The molecule has 2 fully saturated rings. The molecule has 2 aromatic heterocycles. The lowest BCUT2D eigenvalue weighted by molar-refractivity contribution is 0.175. The van der Waals surface area contributed by atoms with Crippen LogP contribution in [-0.4, -0.2) is 45.1 Å². The van der Waals surface area contributed by atoms with Crippen molar-refractivity contribution in [2.24, 2.45) is 11.8 Å². The molecule has 0 aromatic carbocycles. The molecule has 4 heterocycles. The van der Waals surface area contributed by atoms with E-state index in [1.807, 2.05) is 0 Å². The molecule has 2 aromatic rings. The van der Waals surface area contributed by atoms with Crippen LogP contribution in [0.5, 0.6) is 0 Å². The fourth-order valence-corrected chi connectivity index (χ4v) is 4.95. The number of hydrogen-bond acceptors (Lipinski definition) is 4. The first kappa shape index (κ1) is 14.7. The highest BCUT2D eigenvalue weighted by atomic mass is 15.3. The zero-order chi connectivity index (χ0) is 16.3. The second-order valence-corrected chi connectivity index (χ2v) is 8.14. The third-order valence-electron chi connectivity index (χ3n) is 6.43. The molecule has 0 radical (unpaired) electrons. The zero-order valence-corrected chi connectivity index (χ0v) is 14.8. The number of fused-ring (bicyclic) bond motifs is 4. The van der Waals surface area contributed by atoms with Gasteiger partial charge in [-0.25, -0.2) is 9.97 Å². The van der Waals surface area contributed by atoms with Gasteiger partial charge in [0.25, 0.3) is 0 Å². The lowest BCUT2D eigenvalue weighted by Crippen LogP contribution is -2.38. The Hall–Kier alpha value is -1.62. The minimum absolute atomic E-state index is 0.575. The first-order valence-corrected chi connectivity index (χ1v) is 9.53. The van der Waals surface area contributed by atoms with Crippen LogP contribution in [0.1, 0.15) is 38.9 Å². The van der Waals surface area contributed by atoms with Crippen molar-refractivity contribution in [1.29, 1.82) is 0 Å². The Balaban J connectivity index is 1.45. The van der Waals surface area contributed by atoms with Crippen LogP contribution in [0.25, 0.3) is 11.2 Å². The summed E-state index contributed by atoms with van der Waals surface area (Å²) in [5.41, 5.74) is 3.41. The third-order valence-corrected chi connectivity index (χ3v) is 6.43. The summed E-state index contributed by atoms with van der Waals surface area (Å²) in [6.45, 7) is 9.99. The summed E-state index contributed by atoms with van der Waals surface area (Å²) >= 11 is 0. The maximum Gasteiger partial charge on any atom is 0.160 e. The van der Waals surface area contributed by atoms with Gasteiger partial charge in [0.1, 0.15) is 11.3 Å². The molecule has 5 nitrogen and oxygen atoms in total. The van der Waals surface area contributed by atoms with Crippen molar-refractivity contribution in [3.8, 4) is 0 Å². The van der Waals surface area contributed by atoms with E-state index in [1.54, 1.807) is 0 Å². The molecular weight excluding hydrogens is 298 g/mol. The van der Waals surface area contributed by atoms with Crippen molar-refractivity contribution in [2.75, 3.05) is 24.5 Å². The molecule has 5 heteroatoms. The molecule has 1 saturated heterocycles. The lowest BCUT2D eigenvalue weighted by atomic mass is 10.0. The Bertz CT molecular complexity index is 752. The number of rotatable bonds is 2. The van der Waals surface area contributed by atoms with Crippen molar-refractivity contribution in [1.82, 2.24) is 19.4 Å². The van der Waals surface area contributed by atoms with E-state index in [-0.39, 0.29) is 0 Å². The van der Waals surface area contributed by atoms with E-state index in [4.69, 9.17) is 9.97 Å². The summed E-state index contributed by atoms with van der Waals surface area (Å²) < 4.78 is 2.32. The second-order valence-electron chi connectivity index (χ2n) is 8.14. The molecule has 0 N–H and O–H groups in total. The van der Waals surface area contributed by atoms with Crippen LogP contribution in [0, 0.1) is 11.8 Å². The number of aromatic nitrogens is 3. The average molecular weight is 325 g/mol. The monoisotopic (exact) mass is 325 g/mol. The van der Waals surface area contributed by atoms with Crippen molar-refractivity contribution < 1.29 is 0 Å². The van der Waals surface area contributed by atoms with Gasteiger partial charge >= 0.3 is 0 Å². The van der Waals surface area contributed by atoms with E-state index in [1.165, 1.54) is 43.9 Å². The molecule has 2 unspecified atom stereocenters. The predicted molar refractivity (Wildman–Crippen MR) is 96.1 cm³/mol. The normalized spacial score (nSPS) is 27.2. The summed E-state index contributed by atoms with van der Waals surface area (Å²) in [7, 11) is 0. The maximum absolute atomic E-state index is 4.92.